The van der Waals surface area contributed by atoms with Gasteiger partial charge in [0.15, 0.2) is 0 Å². The number of likely N-dealkylation sites (tertiary alicyclic amines) is 1. The summed E-state index contributed by atoms with van der Waals surface area (Å²) in [5, 5.41) is 8.98. The number of carbonyl (C=O) groups is 2. The first-order valence-electron chi connectivity index (χ1n) is 5.82. The topological polar surface area (TPSA) is 123 Å². The monoisotopic (exact) mass is 267 g/mol. The first kappa shape index (κ1) is 13.1. The van der Waals surface area contributed by atoms with E-state index in [4.69, 9.17) is 5.11 Å². The van der Waals surface area contributed by atoms with Crippen molar-refractivity contribution < 1.29 is 14.7 Å². The first-order chi connectivity index (χ1) is 8.97. The molecule has 1 amide bonds. The standard InChI is InChI=1S/C11H13N3O5/c15-8-4-6(12-11(19)13-8)5-9(16)14-3-1-2-7(14)10(17)18/h4,7H,1-3,5H2,(H,17,18)(H2,12,13,15,19)/t7-/m1/s1. The SMILES string of the molecule is O=C(O)[C@H]1CCCN1C(=O)Cc1cc(=O)[nH]c(=O)[nH]1. The summed E-state index contributed by atoms with van der Waals surface area (Å²) in [6.07, 6.45) is 0.866. The maximum absolute atomic E-state index is 12.0. The van der Waals surface area contributed by atoms with Gasteiger partial charge in [-0.25, -0.2) is 9.59 Å². The summed E-state index contributed by atoms with van der Waals surface area (Å²) in [4.78, 5) is 50.7. The highest BCUT2D eigenvalue weighted by molar-refractivity contribution is 5.85. The number of carboxylic acid groups (broad SMARTS) is 1. The number of aromatic amines is 2. The molecule has 0 bridgehead atoms. The molecule has 2 heterocycles. The molecule has 1 atom stereocenters. The maximum Gasteiger partial charge on any atom is 0.326 e. The van der Waals surface area contributed by atoms with Gasteiger partial charge in [0.05, 0.1) is 6.42 Å². The lowest BCUT2D eigenvalue weighted by Gasteiger charge is -2.21. The molecule has 8 nitrogen and oxygen atoms in total. The fraction of sp³-hybridized carbons (Fsp3) is 0.455. The van der Waals surface area contributed by atoms with Crippen LogP contribution in [-0.2, 0) is 16.0 Å². The van der Waals surface area contributed by atoms with Crippen molar-refractivity contribution >= 4 is 11.9 Å². The van der Waals surface area contributed by atoms with Crippen LogP contribution in [0.25, 0.3) is 0 Å². The summed E-state index contributed by atoms with van der Waals surface area (Å²) in [5.41, 5.74) is -1.11. The molecule has 1 saturated heterocycles. The van der Waals surface area contributed by atoms with Crippen molar-refractivity contribution in [3.63, 3.8) is 0 Å². The van der Waals surface area contributed by atoms with Gasteiger partial charge in [-0.15, -0.1) is 0 Å². The zero-order valence-electron chi connectivity index (χ0n) is 10.0. The molecular weight excluding hydrogens is 254 g/mol. The van der Waals surface area contributed by atoms with Gasteiger partial charge in [0, 0.05) is 18.3 Å². The molecule has 102 valence electrons. The zero-order valence-corrected chi connectivity index (χ0v) is 10.0. The Hall–Kier alpha value is -2.38. The molecule has 0 radical (unpaired) electrons. The van der Waals surface area contributed by atoms with Crippen molar-refractivity contribution in [1.29, 1.82) is 0 Å². The van der Waals surface area contributed by atoms with Gasteiger partial charge < -0.3 is 15.0 Å². The predicted molar refractivity (Wildman–Crippen MR) is 63.8 cm³/mol. The molecule has 0 saturated carbocycles. The molecule has 1 fully saturated rings. The number of nitrogens with one attached hydrogen (secondary N) is 2. The number of hydrogen-bond donors (Lipinski definition) is 3. The maximum atomic E-state index is 12.0. The van der Waals surface area contributed by atoms with Crippen LogP contribution < -0.4 is 11.2 Å². The second-order valence-corrected chi connectivity index (χ2v) is 4.37. The van der Waals surface area contributed by atoms with E-state index in [1.165, 1.54) is 4.90 Å². The van der Waals surface area contributed by atoms with Crippen molar-refractivity contribution in [3.05, 3.63) is 32.6 Å². The lowest BCUT2D eigenvalue weighted by atomic mass is 10.2. The molecule has 8 heteroatoms. The van der Waals surface area contributed by atoms with E-state index < -0.39 is 29.2 Å². The predicted octanol–water partition coefficient (Wildman–Crippen LogP) is -1.32. The van der Waals surface area contributed by atoms with E-state index >= 15 is 0 Å². The van der Waals surface area contributed by atoms with E-state index in [-0.39, 0.29) is 12.1 Å². The van der Waals surface area contributed by atoms with Crippen molar-refractivity contribution in [3.8, 4) is 0 Å². The van der Waals surface area contributed by atoms with Gasteiger partial charge in [0.25, 0.3) is 5.56 Å². The Morgan fingerprint density at radius 1 is 1.37 bits per heavy atom. The van der Waals surface area contributed by atoms with E-state index in [1.807, 2.05) is 4.98 Å². The molecule has 0 aromatic carbocycles. The van der Waals surface area contributed by atoms with Crippen LogP contribution in [0.1, 0.15) is 18.5 Å². The number of aromatic nitrogens is 2. The minimum Gasteiger partial charge on any atom is -0.480 e. The zero-order chi connectivity index (χ0) is 14.0. The molecule has 3 N–H and O–H groups in total. The number of rotatable bonds is 3. The van der Waals surface area contributed by atoms with E-state index in [9.17, 15) is 19.2 Å². The molecule has 2 rings (SSSR count). The number of aliphatic carboxylic acids is 1. The molecule has 19 heavy (non-hydrogen) atoms. The Morgan fingerprint density at radius 2 is 2.11 bits per heavy atom. The van der Waals surface area contributed by atoms with E-state index in [0.717, 1.165) is 6.07 Å². The first-order valence-corrected chi connectivity index (χ1v) is 5.82. The third-order valence-electron chi connectivity index (χ3n) is 3.02. The average molecular weight is 267 g/mol. The van der Waals surface area contributed by atoms with E-state index in [0.29, 0.717) is 19.4 Å². The van der Waals surface area contributed by atoms with Gasteiger partial charge >= 0.3 is 11.7 Å². The van der Waals surface area contributed by atoms with Crippen molar-refractivity contribution in [2.24, 2.45) is 0 Å². The average Bonchev–Trinajstić information content (AvgIpc) is 2.75. The summed E-state index contributed by atoms with van der Waals surface area (Å²) in [7, 11) is 0. The van der Waals surface area contributed by atoms with Gasteiger partial charge in [0.1, 0.15) is 6.04 Å². The second-order valence-electron chi connectivity index (χ2n) is 4.37. The van der Waals surface area contributed by atoms with Crippen LogP contribution in [0.3, 0.4) is 0 Å². The number of H-pyrrole nitrogens is 2. The Bertz CT molecular complexity index is 589. The van der Waals surface area contributed by atoms with Gasteiger partial charge in [-0.3, -0.25) is 14.6 Å². The Labute approximate surface area is 107 Å². The highest BCUT2D eigenvalue weighted by atomic mass is 16.4. The summed E-state index contributed by atoms with van der Waals surface area (Å²) >= 11 is 0. The Kier molecular flexibility index (Phi) is 3.50. The van der Waals surface area contributed by atoms with Crippen LogP contribution in [0.5, 0.6) is 0 Å². The number of carbonyl (C=O) groups excluding carboxylic acids is 1. The molecule has 1 aliphatic heterocycles. The molecule has 0 unspecified atom stereocenters. The number of carboxylic acids is 1. The van der Waals surface area contributed by atoms with Crippen molar-refractivity contribution in [1.82, 2.24) is 14.9 Å². The van der Waals surface area contributed by atoms with Gasteiger partial charge in [-0.05, 0) is 12.8 Å². The number of hydrogen-bond acceptors (Lipinski definition) is 4. The van der Waals surface area contributed by atoms with Crippen LogP contribution in [0, 0.1) is 0 Å². The second kappa shape index (κ2) is 5.09. The van der Waals surface area contributed by atoms with Gasteiger partial charge in [-0.1, -0.05) is 0 Å². The summed E-state index contributed by atoms with van der Waals surface area (Å²) in [6, 6.07) is 0.298. The summed E-state index contributed by atoms with van der Waals surface area (Å²) in [5.74, 6) is -1.45. The molecular formula is C11H13N3O5. The molecule has 0 aliphatic carbocycles. The van der Waals surface area contributed by atoms with Crippen LogP contribution in [-0.4, -0.2) is 44.4 Å². The lowest BCUT2D eigenvalue weighted by molar-refractivity contribution is -0.148. The quantitative estimate of drug-likeness (QED) is 0.626. The molecule has 0 spiro atoms. The molecule has 1 aliphatic rings. The minimum atomic E-state index is -1.04. The number of amides is 1. The summed E-state index contributed by atoms with van der Waals surface area (Å²) in [6.45, 7) is 0.378. The van der Waals surface area contributed by atoms with Crippen molar-refractivity contribution in [2.45, 2.75) is 25.3 Å². The van der Waals surface area contributed by atoms with E-state index in [1.54, 1.807) is 0 Å². The third-order valence-corrected chi connectivity index (χ3v) is 3.02. The number of nitrogens with zero attached hydrogens (tertiary/aromatic N) is 1. The summed E-state index contributed by atoms with van der Waals surface area (Å²) < 4.78 is 0. The lowest BCUT2D eigenvalue weighted by Crippen LogP contribution is -2.41. The Balaban J connectivity index is 2.14. The fourth-order valence-corrected chi connectivity index (χ4v) is 2.20. The van der Waals surface area contributed by atoms with Crippen LogP contribution in [0.15, 0.2) is 15.7 Å². The third kappa shape index (κ3) is 2.90. The van der Waals surface area contributed by atoms with Crippen LogP contribution in [0.2, 0.25) is 0 Å². The van der Waals surface area contributed by atoms with Crippen LogP contribution in [0.4, 0.5) is 0 Å². The largest absolute Gasteiger partial charge is 0.480 e. The highest BCUT2D eigenvalue weighted by Crippen LogP contribution is 2.18. The fourth-order valence-electron chi connectivity index (χ4n) is 2.20. The highest BCUT2D eigenvalue weighted by Gasteiger charge is 2.33. The Morgan fingerprint density at radius 3 is 2.74 bits per heavy atom. The molecule has 1 aromatic heterocycles. The minimum absolute atomic E-state index is 0.176. The van der Waals surface area contributed by atoms with Gasteiger partial charge in [0.2, 0.25) is 5.91 Å². The van der Waals surface area contributed by atoms with Gasteiger partial charge in [-0.2, -0.15) is 0 Å². The normalized spacial score (nSPS) is 18.5. The molecule has 1 aromatic rings. The smallest absolute Gasteiger partial charge is 0.326 e. The van der Waals surface area contributed by atoms with Crippen molar-refractivity contribution in [2.75, 3.05) is 6.54 Å². The van der Waals surface area contributed by atoms with Crippen LogP contribution >= 0.6 is 0 Å². The van der Waals surface area contributed by atoms with E-state index in [2.05, 4.69) is 4.98 Å².